The van der Waals surface area contributed by atoms with Crippen LogP contribution in [0.5, 0.6) is 0 Å². The molecule has 0 aliphatic carbocycles. The van der Waals surface area contributed by atoms with Crippen LogP contribution >= 0.6 is 15.9 Å². The summed E-state index contributed by atoms with van der Waals surface area (Å²) in [5.41, 5.74) is 1.52. The van der Waals surface area contributed by atoms with Gasteiger partial charge in [0.15, 0.2) is 0 Å². The van der Waals surface area contributed by atoms with Crippen LogP contribution in [-0.4, -0.2) is 22.1 Å². The lowest BCUT2D eigenvalue weighted by Crippen LogP contribution is -2.24. The molecule has 1 N–H and O–H groups in total. The Balaban J connectivity index is 2.00. The van der Waals surface area contributed by atoms with E-state index in [9.17, 15) is 4.79 Å². The van der Waals surface area contributed by atoms with Gasteiger partial charge in [0.2, 0.25) is 0 Å². The number of ether oxygens (including phenoxy) is 1. The Morgan fingerprint density at radius 1 is 1.50 bits per heavy atom. The van der Waals surface area contributed by atoms with Crippen LogP contribution in [0.25, 0.3) is 0 Å². The molecule has 0 unspecified atom stereocenters. The average Bonchev–Trinajstić information content (AvgIpc) is 2.84. The third-order valence-corrected chi connectivity index (χ3v) is 3.52. The number of aromatic nitrogens is 2. The molecule has 2 rings (SSSR count). The summed E-state index contributed by atoms with van der Waals surface area (Å²) in [5.74, 6) is -0.144. The number of carbonyl (C=O) groups is 1. The molecule has 0 aromatic carbocycles. The SMILES string of the molecule is CCOCn1ccc(Br)c1CNC(=O)c1cccnc1. The molecule has 0 saturated carbocycles. The molecule has 0 atom stereocenters. The van der Waals surface area contributed by atoms with Crippen molar-refractivity contribution in [1.29, 1.82) is 0 Å². The summed E-state index contributed by atoms with van der Waals surface area (Å²) < 4.78 is 8.29. The van der Waals surface area contributed by atoms with Crippen LogP contribution in [0.3, 0.4) is 0 Å². The lowest BCUT2D eigenvalue weighted by Gasteiger charge is -2.11. The minimum absolute atomic E-state index is 0.144. The molecule has 0 radical (unpaired) electrons. The molecular weight excluding hydrogens is 322 g/mol. The topological polar surface area (TPSA) is 56.1 Å². The molecule has 2 aromatic rings. The largest absolute Gasteiger partial charge is 0.361 e. The van der Waals surface area contributed by atoms with Gasteiger partial charge in [0.1, 0.15) is 6.73 Å². The highest BCUT2D eigenvalue weighted by molar-refractivity contribution is 9.10. The normalized spacial score (nSPS) is 10.5. The third-order valence-electron chi connectivity index (χ3n) is 2.80. The van der Waals surface area contributed by atoms with Gasteiger partial charge in [-0.25, -0.2) is 0 Å². The molecule has 0 aliphatic heterocycles. The van der Waals surface area contributed by atoms with Gasteiger partial charge < -0.3 is 14.6 Å². The minimum Gasteiger partial charge on any atom is -0.361 e. The van der Waals surface area contributed by atoms with E-state index in [4.69, 9.17) is 4.74 Å². The smallest absolute Gasteiger partial charge is 0.253 e. The van der Waals surface area contributed by atoms with Gasteiger partial charge in [-0.2, -0.15) is 0 Å². The van der Waals surface area contributed by atoms with E-state index in [0.29, 0.717) is 25.4 Å². The fourth-order valence-corrected chi connectivity index (χ4v) is 2.22. The van der Waals surface area contributed by atoms with Crippen molar-refractivity contribution in [3.8, 4) is 0 Å². The van der Waals surface area contributed by atoms with E-state index in [2.05, 4.69) is 26.2 Å². The molecule has 2 aromatic heterocycles. The molecule has 2 heterocycles. The second-order valence-corrected chi connectivity index (χ2v) is 4.98. The van der Waals surface area contributed by atoms with Gasteiger partial charge in [-0.1, -0.05) is 0 Å². The zero-order valence-corrected chi connectivity index (χ0v) is 12.8. The van der Waals surface area contributed by atoms with Crippen molar-refractivity contribution >= 4 is 21.8 Å². The van der Waals surface area contributed by atoms with Crippen molar-refractivity contribution in [3.63, 3.8) is 0 Å². The third kappa shape index (κ3) is 3.68. The lowest BCUT2D eigenvalue weighted by atomic mass is 10.2. The van der Waals surface area contributed by atoms with Crippen LogP contribution in [0.4, 0.5) is 0 Å². The summed E-state index contributed by atoms with van der Waals surface area (Å²) in [5, 5.41) is 2.87. The summed E-state index contributed by atoms with van der Waals surface area (Å²) in [6, 6.07) is 5.41. The standard InChI is InChI=1S/C14H16BrN3O2/c1-2-20-10-18-7-5-12(15)13(18)9-17-14(19)11-4-3-6-16-8-11/h3-8H,2,9-10H2,1H3,(H,17,19). The Bertz CT molecular complexity index is 569. The lowest BCUT2D eigenvalue weighted by molar-refractivity contribution is 0.0848. The molecule has 0 fully saturated rings. The van der Waals surface area contributed by atoms with E-state index in [1.54, 1.807) is 24.5 Å². The Kier molecular flexibility index (Phi) is 5.31. The van der Waals surface area contributed by atoms with Gasteiger partial charge in [0.05, 0.1) is 17.8 Å². The fraction of sp³-hybridized carbons (Fsp3) is 0.286. The van der Waals surface area contributed by atoms with E-state index < -0.39 is 0 Å². The molecule has 20 heavy (non-hydrogen) atoms. The number of pyridine rings is 1. The van der Waals surface area contributed by atoms with Crippen molar-refractivity contribution in [1.82, 2.24) is 14.9 Å². The maximum atomic E-state index is 12.0. The molecule has 6 heteroatoms. The second kappa shape index (κ2) is 7.21. The van der Waals surface area contributed by atoms with Crippen molar-refractivity contribution in [2.24, 2.45) is 0 Å². The highest BCUT2D eigenvalue weighted by atomic mass is 79.9. The van der Waals surface area contributed by atoms with Crippen LogP contribution in [0, 0.1) is 0 Å². The predicted molar refractivity (Wildman–Crippen MR) is 79.2 cm³/mol. The van der Waals surface area contributed by atoms with Crippen molar-refractivity contribution in [2.75, 3.05) is 6.61 Å². The predicted octanol–water partition coefficient (Wildman–Crippen LogP) is 2.57. The summed E-state index contributed by atoms with van der Waals surface area (Å²) in [7, 11) is 0. The van der Waals surface area contributed by atoms with E-state index in [1.807, 2.05) is 23.8 Å². The summed E-state index contributed by atoms with van der Waals surface area (Å²) in [6.07, 6.45) is 5.11. The van der Waals surface area contributed by atoms with Gasteiger partial charge in [-0.15, -0.1) is 0 Å². The Morgan fingerprint density at radius 3 is 3.05 bits per heavy atom. The Morgan fingerprint density at radius 2 is 2.35 bits per heavy atom. The first-order valence-electron chi connectivity index (χ1n) is 6.32. The maximum absolute atomic E-state index is 12.0. The van der Waals surface area contributed by atoms with Gasteiger partial charge in [-0.3, -0.25) is 9.78 Å². The number of nitrogens with one attached hydrogen (secondary N) is 1. The summed E-state index contributed by atoms with van der Waals surface area (Å²) in [6.45, 7) is 3.49. The monoisotopic (exact) mass is 337 g/mol. The molecule has 0 bridgehead atoms. The van der Waals surface area contributed by atoms with Gasteiger partial charge in [0, 0.05) is 29.7 Å². The van der Waals surface area contributed by atoms with Crippen LogP contribution in [0.15, 0.2) is 41.3 Å². The van der Waals surface area contributed by atoms with E-state index >= 15 is 0 Å². The number of nitrogens with zero attached hydrogens (tertiary/aromatic N) is 2. The van der Waals surface area contributed by atoms with Gasteiger partial charge in [0.25, 0.3) is 5.91 Å². The van der Waals surface area contributed by atoms with Crippen molar-refractivity contribution < 1.29 is 9.53 Å². The number of hydrogen-bond donors (Lipinski definition) is 1. The van der Waals surface area contributed by atoms with Crippen LogP contribution < -0.4 is 5.32 Å². The zero-order chi connectivity index (χ0) is 14.4. The number of amides is 1. The number of carbonyl (C=O) groups excluding carboxylic acids is 1. The number of rotatable bonds is 6. The van der Waals surface area contributed by atoms with Crippen LogP contribution in [0.2, 0.25) is 0 Å². The summed E-state index contributed by atoms with van der Waals surface area (Å²) >= 11 is 3.48. The Hall–Kier alpha value is -1.66. The first-order chi connectivity index (χ1) is 9.72. The first-order valence-corrected chi connectivity index (χ1v) is 7.11. The molecular formula is C14H16BrN3O2. The quantitative estimate of drug-likeness (QED) is 0.881. The van der Waals surface area contributed by atoms with Crippen LogP contribution in [-0.2, 0) is 18.0 Å². The molecule has 1 amide bonds. The van der Waals surface area contributed by atoms with Gasteiger partial charge in [-0.05, 0) is 41.1 Å². The van der Waals surface area contributed by atoms with Crippen LogP contribution in [0.1, 0.15) is 23.0 Å². The Labute approximate surface area is 126 Å². The number of hydrogen-bond acceptors (Lipinski definition) is 3. The molecule has 5 nitrogen and oxygen atoms in total. The number of halogens is 1. The van der Waals surface area contributed by atoms with E-state index in [1.165, 1.54) is 0 Å². The van der Waals surface area contributed by atoms with Crippen molar-refractivity contribution in [3.05, 3.63) is 52.5 Å². The first kappa shape index (κ1) is 14.7. The average molecular weight is 338 g/mol. The zero-order valence-electron chi connectivity index (χ0n) is 11.2. The molecule has 0 spiro atoms. The molecule has 0 saturated heterocycles. The second-order valence-electron chi connectivity index (χ2n) is 4.13. The highest BCUT2D eigenvalue weighted by Gasteiger charge is 2.10. The van der Waals surface area contributed by atoms with Crippen molar-refractivity contribution in [2.45, 2.75) is 20.2 Å². The highest BCUT2D eigenvalue weighted by Crippen LogP contribution is 2.18. The van der Waals surface area contributed by atoms with E-state index in [-0.39, 0.29) is 5.91 Å². The summed E-state index contributed by atoms with van der Waals surface area (Å²) in [4.78, 5) is 15.9. The van der Waals surface area contributed by atoms with E-state index in [0.717, 1.165) is 10.2 Å². The minimum atomic E-state index is -0.144. The van der Waals surface area contributed by atoms with Gasteiger partial charge >= 0.3 is 0 Å². The molecule has 0 aliphatic rings. The maximum Gasteiger partial charge on any atom is 0.253 e. The fourth-order valence-electron chi connectivity index (χ4n) is 1.74. The molecule has 106 valence electrons.